The summed E-state index contributed by atoms with van der Waals surface area (Å²) in [5.41, 5.74) is -4.47. The molecule has 10 nitrogen and oxygen atoms in total. The number of rotatable bonds is 31. The summed E-state index contributed by atoms with van der Waals surface area (Å²) < 4.78 is 24.4. The maximum Gasteiger partial charge on any atom is 0.318 e. The monoisotopic (exact) mass is 875 g/mol. The van der Waals surface area contributed by atoms with Gasteiger partial charge in [-0.05, 0) is 68.2 Å². The zero-order chi connectivity index (χ0) is 45.9. The number of piperidine rings is 2. The molecule has 0 aromatic rings. The van der Waals surface area contributed by atoms with E-state index in [4.69, 9.17) is 18.9 Å². The average molecular weight is 875 g/mol. The molecule has 1 spiro atoms. The van der Waals surface area contributed by atoms with Crippen molar-refractivity contribution >= 4 is 23.9 Å². The Morgan fingerprint density at radius 2 is 0.952 bits per heavy atom. The normalized spacial score (nSPS) is 22.6. The van der Waals surface area contributed by atoms with E-state index in [0.29, 0.717) is 32.1 Å². The Balaban J connectivity index is 1.78. The maximum atomic E-state index is 14.6. The molecule has 62 heavy (non-hydrogen) atoms. The fourth-order valence-corrected chi connectivity index (χ4v) is 11.6. The van der Waals surface area contributed by atoms with E-state index in [1.165, 1.54) is 96.3 Å². The van der Waals surface area contributed by atoms with Gasteiger partial charge in [-0.2, -0.15) is 0 Å². The van der Waals surface area contributed by atoms with Crippen molar-refractivity contribution in [2.75, 3.05) is 13.2 Å². The predicted molar refractivity (Wildman–Crippen MR) is 250 cm³/mol. The van der Waals surface area contributed by atoms with Gasteiger partial charge >= 0.3 is 23.9 Å². The Kier molecular flexibility index (Phi) is 22.3. The molecule has 3 fully saturated rings. The Bertz CT molecular complexity index is 1340. The van der Waals surface area contributed by atoms with Crippen LogP contribution < -0.4 is 10.6 Å². The third-order valence-corrected chi connectivity index (χ3v) is 13.7. The maximum absolute atomic E-state index is 14.6. The molecule has 3 heterocycles. The standard InChI is InChI=1S/C52H94N2O8/c1-11-13-15-17-19-21-23-25-27-29-31-33-59-43(55)35-42(45(57)60-34-32-30-28-26-24-22-20-18-16-14-12-2)52(38-44(56)61-41-36-47(3,4)53-48(5,6)37-41)46(58)62-51(52)39-49(7,8)54-50(9,10)40-51/h41-42,53-54H,11-40H2,1-10H3. The fraction of sp³-hybridized carbons (Fsp3) is 0.923. The van der Waals surface area contributed by atoms with Gasteiger partial charge in [0.15, 0.2) is 0 Å². The van der Waals surface area contributed by atoms with Gasteiger partial charge in [-0.3, -0.25) is 19.2 Å². The summed E-state index contributed by atoms with van der Waals surface area (Å²) in [7, 11) is 0. The van der Waals surface area contributed by atoms with Crippen LogP contribution in [0.25, 0.3) is 0 Å². The van der Waals surface area contributed by atoms with Crippen LogP contribution in [-0.2, 0) is 38.1 Å². The first-order valence-electron chi connectivity index (χ1n) is 25.5. The molecule has 2 unspecified atom stereocenters. The zero-order valence-corrected chi connectivity index (χ0v) is 41.6. The summed E-state index contributed by atoms with van der Waals surface area (Å²) in [6.45, 7) is 21.5. The highest BCUT2D eigenvalue weighted by Crippen LogP contribution is 2.62. The van der Waals surface area contributed by atoms with E-state index in [-0.39, 0.29) is 43.2 Å². The highest BCUT2D eigenvalue weighted by Gasteiger charge is 2.77. The van der Waals surface area contributed by atoms with Gasteiger partial charge in [-0.25, -0.2) is 0 Å². The van der Waals surface area contributed by atoms with Crippen LogP contribution in [0.15, 0.2) is 0 Å². The molecular formula is C52H94N2O8. The summed E-state index contributed by atoms with van der Waals surface area (Å²) in [6.07, 6.45) is 26.6. The minimum absolute atomic E-state index is 0.181. The van der Waals surface area contributed by atoms with Crippen LogP contribution >= 0.6 is 0 Å². The number of esters is 4. The molecule has 0 aromatic heterocycles. The molecule has 0 saturated carbocycles. The summed E-state index contributed by atoms with van der Waals surface area (Å²) >= 11 is 0. The Morgan fingerprint density at radius 3 is 1.37 bits per heavy atom. The van der Waals surface area contributed by atoms with Crippen molar-refractivity contribution in [2.24, 2.45) is 11.3 Å². The number of ether oxygens (including phenoxy) is 4. The van der Waals surface area contributed by atoms with Gasteiger partial charge in [0.25, 0.3) is 0 Å². The number of nitrogens with one attached hydrogen (secondary N) is 2. The van der Waals surface area contributed by atoms with Crippen LogP contribution in [0.2, 0.25) is 0 Å². The lowest BCUT2D eigenvalue weighted by atomic mass is 9.50. The van der Waals surface area contributed by atoms with Crippen molar-refractivity contribution in [1.82, 2.24) is 10.6 Å². The Labute approximate surface area is 379 Å². The van der Waals surface area contributed by atoms with Crippen LogP contribution in [0.5, 0.6) is 0 Å². The second-order valence-corrected chi connectivity index (χ2v) is 22.4. The van der Waals surface area contributed by atoms with Crippen LogP contribution in [0.4, 0.5) is 0 Å². The summed E-state index contributed by atoms with van der Waals surface area (Å²) in [6, 6.07) is 0. The van der Waals surface area contributed by atoms with Crippen molar-refractivity contribution in [2.45, 2.75) is 283 Å². The third kappa shape index (κ3) is 17.6. The van der Waals surface area contributed by atoms with Gasteiger partial charge in [-0.1, -0.05) is 142 Å². The molecule has 0 aliphatic carbocycles. The lowest BCUT2D eigenvalue weighted by Gasteiger charge is -2.65. The molecule has 360 valence electrons. The predicted octanol–water partition coefficient (Wildman–Crippen LogP) is 12.2. The molecule has 2 atom stereocenters. The number of hydrogen-bond donors (Lipinski definition) is 2. The first-order chi connectivity index (χ1) is 29.2. The van der Waals surface area contributed by atoms with E-state index in [1.54, 1.807) is 0 Å². The lowest BCUT2D eigenvalue weighted by Crippen LogP contribution is -2.79. The van der Waals surface area contributed by atoms with Crippen LogP contribution in [-0.4, -0.2) is 71.0 Å². The summed E-state index contributed by atoms with van der Waals surface area (Å²) in [5, 5.41) is 7.32. The lowest BCUT2D eigenvalue weighted by molar-refractivity contribution is -0.280. The highest BCUT2D eigenvalue weighted by atomic mass is 16.6. The van der Waals surface area contributed by atoms with Crippen LogP contribution in [0.3, 0.4) is 0 Å². The molecule has 0 bridgehead atoms. The van der Waals surface area contributed by atoms with Gasteiger partial charge in [0.1, 0.15) is 17.1 Å². The summed E-state index contributed by atoms with van der Waals surface area (Å²) in [5.74, 6) is -3.70. The van der Waals surface area contributed by atoms with Crippen molar-refractivity contribution in [1.29, 1.82) is 0 Å². The smallest absolute Gasteiger partial charge is 0.318 e. The third-order valence-electron chi connectivity index (χ3n) is 13.7. The van der Waals surface area contributed by atoms with Crippen LogP contribution in [0, 0.1) is 11.3 Å². The number of carbonyl (C=O) groups is 4. The van der Waals surface area contributed by atoms with Gasteiger partial charge in [0, 0.05) is 47.8 Å². The van der Waals surface area contributed by atoms with E-state index in [9.17, 15) is 19.2 Å². The van der Waals surface area contributed by atoms with E-state index in [0.717, 1.165) is 38.5 Å². The molecule has 0 amide bonds. The van der Waals surface area contributed by atoms with E-state index in [2.05, 4.69) is 52.2 Å². The first-order valence-corrected chi connectivity index (χ1v) is 25.5. The minimum atomic E-state index is -1.68. The molecule has 0 radical (unpaired) electrons. The molecule has 3 aliphatic heterocycles. The minimum Gasteiger partial charge on any atom is -0.466 e. The molecular weight excluding hydrogens is 781 g/mol. The molecule has 10 heteroatoms. The number of unbranched alkanes of at least 4 members (excludes halogenated alkanes) is 20. The number of hydrogen-bond acceptors (Lipinski definition) is 10. The van der Waals surface area contributed by atoms with Crippen molar-refractivity contribution < 1.29 is 38.1 Å². The van der Waals surface area contributed by atoms with E-state index >= 15 is 0 Å². The quantitative estimate of drug-likeness (QED) is 0.0394. The summed E-state index contributed by atoms with van der Waals surface area (Å²) in [4.78, 5) is 57.3. The van der Waals surface area contributed by atoms with Crippen molar-refractivity contribution in [3.8, 4) is 0 Å². The SMILES string of the molecule is CCCCCCCCCCCCCOC(=O)CC(C(=O)OCCCCCCCCCCCCC)C1(CC(=O)OC2CC(C)(C)NC(C)(C)C2)C(=O)OC12CC(C)(C)NC(C)(C)C2. The zero-order valence-electron chi connectivity index (χ0n) is 41.6. The molecule has 3 saturated heterocycles. The Morgan fingerprint density at radius 1 is 0.565 bits per heavy atom. The molecule has 3 aliphatic rings. The van der Waals surface area contributed by atoms with E-state index < -0.39 is 51.9 Å². The highest BCUT2D eigenvalue weighted by molar-refractivity contribution is 5.96. The molecule has 2 N–H and O–H groups in total. The second-order valence-electron chi connectivity index (χ2n) is 22.4. The molecule has 0 aromatic carbocycles. The van der Waals surface area contributed by atoms with Crippen LogP contribution in [0.1, 0.15) is 249 Å². The first kappa shape index (κ1) is 54.1. The van der Waals surface area contributed by atoms with Gasteiger partial charge in [-0.15, -0.1) is 0 Å². The second kappa shape index (κ2) is 25.5. The average Bonchev–Trinajstić information content (AvgIpc) is 3.14. The van der Waals surface area contributed by atoms with Gasteiger partial charge < -0.3 is 29.6 Å². The largest absolute Gasteiger partial charge is 0.466 e. The van der Waals surface area contributed by atoms with Crippen molar-refractivity contribution in [3.63, 3.8) is 0 Å². The fourth-order valence-electron chi connectivity index (χ4n) is 11.6. The number of carbonyl (C=O) groups excluding carboxylic acids is 4. The Hall–Kier alpha value is -2.20. The van der Waals surface area contributed by atoms with Gasteiger partial charge in [0.2, 0.25) is 0 Å². The topological polar surface area (TPSA) is 129 Å². The van der Waals surface area contributed by atoms with E-state index in [1.807, 2.05) is 27.7 Å². The van der Waals surface area contributed by atoms with Gasteiger partial charge in [0.05, 0.1) is 32.0 Å². The molecule has 3 rings (SSSR count). The van der Waals surface area contributed by atoms with Crippen molar-refractivity contribution in [3.05, 3.63) is 0 Å².